The molecule has 3 aromatic rings. The molecule has 0 radical (unpaired) electrons. The van der Waals surface area contributed by atoms with Crippen molar-refractivity contribution in [2.45, 2.75) is 37.6 Å². The van der Waals surface area contributed by atoms with E-state index in [0.717, 1.165) is 24.5 Å². The van der Waals surface area contributed by atoms with Crippen molar-refractivity contribution in [1.82, 2.24) is 4.90 Å². The Hall–Kier alpha value is -3.25. The van der Waals surface area contributed by atoms with Crippen LogP contribution in [-0.4, -0.2) is 45.9 Å². The molecule has 8 heteroatoms. The van der Waals surface area contributed by atoms with E-state index in [4.69, 9.17) is 22.8 Å². The molecular formula is C31H29ClFNO5. The molecule has 6 nitrogen and oxygen atoms in total. The Labute approximate surface area is 231 Å². The van der Waals surface area contributed by atoms with Crippen LogP contribution in [-0.2, 0) is 22.6 Å². The molecule has 0 saturated heterocycles. The fourth-order valence-electron chi connectivity index (χ4n) is 5.01. The van der Waals surface area contributed by atoms with E-state index >= 15 is 4.39 Å². The highest BCUT2D eigenvalue weighted by Gasteiger charge is 2.56. The van der Waals surface area contributed by atoms with Crippen LogP contribution in [0.25, 0.3) is 0 Å². The van der Waals surface area contributed by atoms with Crippen LogP contribution in [0.15, 0.2) is 60.7 Å². The van der Waals surface area contributed by atoms with E-state index in [2.05, 4.69) is 5.92 Å². The van der Waals surface area contributed by atoms with Gasteiger partial charge in [0.05, 0.1) is 30.9 Å². The second kappa shape index (κ2) is 10.1. The molecule has 2 atom stereocenters. The molecule has 1 aliphatic carbocycles. The van der Waals surface area contributed by atoms with Crippen LogP contribution in [0.1, 0.15) is 57.9 Å². The van der Waals surface area contributed by atoms with E-state index in [1.165, 1.54) is 17.9 Å². The van der Waals surface area contributed by atoms with E-state index in [0.29, 0.717) is 16.1 Å². The summed E-state index contributed by atoms with van der Waals surface area (Å²) in [6.07, 6.45) is 7.00. The van der Waals surface area contributed by atoms with Gasteiger partial charge in [0, 0.05) is 28.1 Å². The lowest BCUT2D eigenvalue weighted by Crippen LogP contribution is -2.48. The zero-order chi connectivity index (χ0) is 28.0. The minimum Gasteiger partial charge on any atom is -0.396 e. The van der Waals surface area contributed by atoms with Crippen LogP contribution in [0.4, 0.5) is 4.39 Å². The Morgan fingerprint density at radius 1 is 1.13 bits per heavy atom. The molecule has 1 fully saturated rings. The maximum Gasteiger partial charge on any atom is 0.257 e. The SMILES string of the molecule is C#Cc1ccc(CN2C(=O)c3cc([C@](C)(O)CO)cc(F)c3[C@]2(OCC2(CO)CC2)c2ccc(Cl)cc2)cc1. The number of halogens is 2. The molecule has 39 heavy (non-hydrogen) atoms. The number of ether oxygens (including phenoxy) is 1. The van der Waals surface area contributed by atoms with Gasteiger partial charge in [-0.15, -0.1) is 6.42 Å². The second-order valence-corrected chi connectivity index (χ2v) is 11.1. The average Bonchev–Trinajstić information content (AvgIpc) is 3.69. The van der Waals surface area contributed by atoms with Gasteiger partial charge in [-0.2, -0.15) is 0 Å². The first-order chi connectivity index (χ1) is 18.6. The van der Waals surface area contributed by atoms with Crippen molar-refractivity contribution >= 4 is 17.5 Å². The molecule has 5 rings (SSSR count). The average molecular weight is 550 g/mol. The molecule has 2 aliphatic rings. The van der Waals surface area contributed by atoms with Crippen molar-refractivity contribution in [3.05, 3.63) is 105 Å². The Morgan fingerprint density at radius 2 is 1.79 bits per heavy atom. The highest BCUT2D eigenvalue weighted by molar-refractivity contribution is 6.30. The molecule has 1 aliphatic heterocycles. The van der Waals surface area contributed by atoms with Gasteiger partial charge in [-0.3, -0.25) is 9.69 Å². The topological polar surface area (TPSA) is 90.2 Å². The van der Waals surface area contributed by atoms with Crippen molar-refractivity contribution in [3.8, 4) is 12.3 Å². The first-order valence-electron chi connectivity index (χ1n) is 12.7. The minimum atomic E-state index is -1.77. The first kappa shape index (κ1) is 27.3. The summed E-state index contributed by atoms with van der Waals surface area (Å²) in [6.45, 7) is 0.722. The number of fused-ring (bicyclic) bond motifs is 1. The van der Waals surface area contributed by atoms with Gasteiger partial charge in [0.1, 0.15) is 11.4 Å². The molecule has 0 spiro atoms. The van der Waals surface area contributed by atoms with E-state index in [1.54, 1.807) is 48.5 Å². The van der Waals surface area contributed by atoms with Crippen LogP contribution in [0.5, 0.6) is 0 Å². The number of benzene rings is 3. The Bertz CT molecular complexity index is 1440. The lowest BCUT2D eigenvalue weighted by atomic mass is 9.88. The van der Waals surface area contributed by atoms with E-state index in [-0.39, 0.29) is 36.4 Å². The summed E-state index contributed by atoms with van der Waals surface area (Å²) in [5.41, 5.74) is -1.96. The quantitative estimate of drug-likeness (QED) is 0.346. The van der Waals surface area contributed by atoms with Gasteiger partial charge in [-0.25, -0.2) is 4.39 Å². The number of aliphatic hydroxyl groups excluding tert-OH is 2. The third-order valence-electron chi connectivity index (χ3n) is 7.79. The zero-order valence-corrected chi connectivity index (χ0v) is 22.2. The Balaban J connectivity index is 1.73. The van der Waals surface area contributed by atoms with Crippen LogP contribution in [0, 0.1) is 23.6 Å². The van der Waals surface area contributed by atoms with Crippen molar-refractivity contribution in [1.29, 1.82) is 0 Å². The van der Waals surface area contributed by atoms with Gasteiger partial charge >= 0.3 is 0 Å². The van der Waals surface area contributed by atoms with Crippen molar-refractivity contribution < 1.29 is 29.2 Å². The summed E-state index contributed by atoms with van der Waals surface area (Å²) in [5, 5.41) is 30.9. The molecule has 0 aromatic heterocycles. The van der Waals surface area contributed by atoms with Gasteiger partial charge < -0.3 is 20.1 Å². The highest BCUT2D eigenvalue weighted by atomic mass is 35.5. The van der Waals surface area contributed by atoms with Crippen molar-refractivity contribution in [3.63, 3.8) is 0 Å². The molecular weight excluding hydrogens is 521 g/mol. The van der Waals surface area contributed by atoms with Crippen LogP contribution >= 0.6 is 11.6 Å². The summed E-state index contributed by atoms with van der Waals surface area (Å²) in [7, 11) is 0. The summed E-state index contributed by atoms with van der Waals surface area (Å²) < 4.78 is 22.8. The van der Waals surface area contributed by atoms with Gasteiger partial charge in [0.15, 0.2) is 5.72 Å². The number of aliphatic hydroxyl groups is 3. The van der Waals surface area contributed by atoms with Crippen LogP contribution < -0.4 is 0 Å². The number of amides is 1. The van der Waals surface area contributed by atoms with E-state index in [1.807, 2.05) is 0 Å². The summed E-state index contributed by atoms with van der Waals surface area (Å²) in [5.74, 6) is 1.29. The fourth-order valence-corrected chi connectivity index (χ4v) is 5.14. The Morgan fingerprint density at radius 3 is 2.36 bits per heavy atom. The van der Waals surface area contributed by atoms with Gasteiger partial charge in [-0.1, -0.05) is 41.8 Å². The molecule has 1 amide bonds. The number of hydrogen-bond acceptors (Lipinski definition) is 5. The van der Waals surface area contributed by atoms with E-state index in [9.17, 15) is 20.1 Å². The summed E-state index contributed by atoms with van der Waals surface area (Å²) in [6, 6.07) is 16.3. The predicted molar refractivity (Wildman–Crippen MR) is 144 cm³/mol. The van der Waals surface area contributed by atoms with Crippen molar-refractivity contribution in [2.24, 2.45) is 5.41 Å². The molecule has 0 bridgehead atoms. The van der Waals surface area contributed by atoms with Gasteiger partial charge in [0.2, 0.25) is 0 Å². The predicted octanol–water partition coefficient (Wildman–Crippen LogP) is 4.31. The van der Waals surface area contributed by atoms with E-state index < -0.39 is 35.1 Å². The molecule has 0 unspecified atom stereocenters. The number of rotatable bonds is 9. The lowest BCUT2D eigenvalue weighted by Gasteiger charge is -2.40. The second-order valence-electron chi connectivity index (χ2n) is 10.6. The summed E-state index contributed by atoms with van der Waals surface area (Å²) >= 11 is 6.19. The smallest absolute Gasteiger partial charge is 0.257 e. The number of carbonyl (C=O) groups is 1. The van der Waals surface area contributed by atoms with Gasteiger partial charge in [-0.05, 0) is 67.3 Å². The molecule has 1 saturated carbocycles. The standard InChI is InChI=1S/C31H29ClFNO5/c1-3-20-4-6-21(7-5-20)16-34-28(37)25-14-23(29(2,38)17-35)15-26(33)27(25)31(34,22-8-10-24(32)11-9-22)39-19-30(18-36)12-13-30/h1,4-11,14-15,35-36,38H,12-13,16-19H2,2H3/t29-,31-/m1/s1. The number of hydrogen-bond donors (Lipinski definition) is 3. The summed E-state index contributed by atoms with van der Waals surface area (Å²) in [4.78, 5) is 15.6. The number of terminal acetylenes is 1. The third kappa shape index (κ3) is 4.73. The molecule has 1 heterocycles. The first-order valence-corrected chi connectivity index (χ1v) is 13.0. The number of carbonyl (C=O) groups excluding carboxylic acids is 1. The monoisotopic (exact) mass is 549 g/mol. The largest absolute Gasteiger partial charge is 0.396 e. The van der Waals surface area contributed by atoms with Crippen molar-refractivity contribution in [2.75, 3.05) is 19.8 Å². The number of nitrogens with zero attached hydrogens (tertiary/aromatic N) is 1. The highest BCUT2D eigenvalue weighted by Crippen LogP contribution is 2.52. The third-order valence-corrected chi connectivity index (χ3v) is 8.04. The zero-order valence-electron chi connectivity index (χ0n) is 21.5. The minimum absolute atomic E-state index is 0.00120. The van der Waals surface area contributed by atoms with Crippen LogP contribution in [0.2, 0.25) is 5.02 Å². The maximum absolute atomic E-state index is 16.2. The fraction of sp³-hybridized carbons (Fsp3) is 0.323. The lowest BCUT2D eigenvalue weighted by molar-refractivity contribution is -0.130. The van der Waals surface area contributed by atoms with Gasteiger partial charge in [0.25, 0.3) is 5.91 Å². The Kier molecular flexibility index (Phi) is 7.04. The normalized spacial score (nSPS) is 20.8. The van der Waals surface area contributed by atoms with Crippen LogP contribution in [0.3, 0.4) is 0 Å². The molecule has 202 valence electrons. The molecule has 3 aromatic carbocycles. The maximum atomic E-state index is 16.2. The molecule has 3 N–H and O–H groups in total.